The Morgan fingerprint density at radius 1 is 1.26 bits per heavy atom. The maximum atomic E-state index is 12.2. The molecular weight excluding hydrogens is 306 g/mol. The van der Waals surface area contributed by atoms with Crippen molar-refractivity contribution >= 4 is 23.5 Å². The number of hydrogen-bond acceptors (Lipinski definition) is 3. The van der Waals surface area contributed by atoms with E-state index in [0.717, 1.165) is 16.4 Å². The minimum atomic E-state index is -0.0332. The highest BCUT2D eigenvalue weighted by Crippen LogP contribution is 2.25. The Balaban J connectivity index is 1.99. The van der Waals surface area contributed by atoms with E-state index < -0.39 is 0 Å². The summed E-state index contributed by atoms with van der Waals surface area (Å²) in [4.78, 5) is 13.3. The molecule has 1 aromatic carbocycles. The van der Waals surface area contributed by atoms with Crippen molar-refractivity contribution in [2.24, 2.45) is 7.05 Å². The van der Waals surface area contributed by atoms with Crippen molar-refractivity contribution in [3.63, 3.8) is 0 Å². The average Bonchev–Trinajstić information content (AvgIpc) is 2.79. The first-order valence-corrected chi connectivity index (χ1v) is 8.70. The fourth-order valence-electron chi connectivity index (χ4n) is 2.23. The van der Waals surface area contributed by atoms with Crippen molar-refractivity contribution < 1.29 is 4.79 Å². The van der Waals surface area contributed by atoms with Gasteiger partial charge in [0.2, 0.25) is 5.91 Å². The molecule has 0 fully saturated rings. The second-order valence-corrected chi connectivity index (χ2v) is 7.91. The van der Waals surface area contributed by atoms with E-state index >= 15 is 0 Å². The number of aromatic nitrogens is 2. The van der Waals surface area contributed by atoms with Crippen LogP contribution in [0.1, 0.15) is 37.6 Å². The molecule has 0 spiro atoms. The fraction of sp³-hybridized carbons (Fsp3) is 0.444. The Kier molecular flexibility index (Phi) is 5.19. The number of nitrogens with one attached hydrogen (secondary N) is 1. The summed E-state index contributed by atoms with van der Waals surface area (Å²) >= 11 is 1.56. The molecule has 0 unspecified atom stereocenters. The van der Waals surface area contributed by atoms with E-state index in [1.54, 1.807) is 16.4 Å². The largest absolute Gasteiger partial charge is 0.310 e. The lowest BCUT2D eigenvalue weighted by molar-refractivity contribution is -0.113. The highest BCUT2D eigenvalue weighted by molar-refractivity contribution is 8.00. The van der Waals surface area contributed by atoms with Crippen molar-refractivity contribution in [1.82, 2.24) is 9.78 Å². The Bertz CT molecular complexity index is 714. The van der Waals surface area contributed by atoms with Crippen LogP contribution in [0.5, 0.6) is 0 Å². The van der Waals surface area contributed by atoms with Crippen LogP contribution in [0, 0.1) is 13.8 Å². The third-order valence-electron chi connectivity index (χ3n) is 3.60. The number of thioether (sulfide) groups is 1. The van der Waals surface area contributed by atoms with Crippen LogP contribution < -0.4 is 5.32 Å². The zero-order valence-electron chi connectivity index (χ0n) is 14.7. The minimum Gasteiger partial charge on any atom is -0.310 e. The van der Waals surface area contributed by atoms with Crippen LogP contribution in [-0.4, -0.2) is 21.4 Å². The normalized spacial score (nSPS) is 11.6. The van der Waals surface area contributed by atoms with E-state index in [-0.39, 0.29) is 11.3 Å². The van der Waals surface area contributed by atoms with Gasteiger partial charge in [-0.1, -0.05) is 38.5 Å². The van der Waals surface area contributed by atoms with Crippen molar-refractivity contribution in [3.8, 4) is 0 Å². The molecule has 2 rings (SSSR count). The second-order valence-electron chi connectivity index (χ2n) is 6.89. The highest BCUT2D eigenvalue weighted by atomic mass is 32.2. The number of amides is 1. The Morgan fingerprint density at radius 2 is 1.96 bits per heavy atom. The molecule has 124 valence electrons. The smallest absolute Gasteiger partial charge is 0.235 e. The summed E-state index contributed by atoms with van der Waals surface area (Å²) in [7, 11) is 1.85. The Labute approximate surface area is 142 Å². The summed E-state index contributed by atoms with van der Waals surface area (Å²) in [5, 5.41) is 7.42. The standard InChI is InChI=1S/C18H25N3OS/c1-12-7-8-14(13(2)9-12)23-11-17(22)19-16-10-15(18(3,4)5)20-21(16)6/h7-10H,11H2,1-6H3,(H,19,22). The van der Waals surface area contributed by atoms with Gasteiger partial charge in [-0.15, -0.1) is 11.8 Å². The molecule has 1 amide bonds. The van der Waals surface area contributed by atoms with Gasteiger partial charge in [0.15, 0.2) is 0 Å². The van der Waals surface area contributed by atoms with Crippen LogP contribution >= 0.6 is 11.8 Å². The van der Waals surface area contributed by atoms with Gasteiger partial charge in [-0.2, -0.15) is 5.10 Å². The molecule has 0 aliphatic heterocycles. The number of anilines is 1. The lowest BCUT2D eigenvalue weighted by Crippen LogP contribution is -2.16. The lowest BCUT2D eigenvalue weighted by atomic mass is 9.92. The molecule has 0 atom stereocenters. The SMILES string of the molecule is Cc1ccc(SCC(=O)Nc2cc(C(C)(C)C)nn2C)c(C)c1. The van der Waals surface area contributed by atoms with E-state index in [1.807, 2.05) is 13.1 Å². The predicted molar refractivity (Wildman–Crippen MR) is 97.2 cm³/mol. The number of carbonyl (C=O) groups excluding carboxylic acids is 1. The fourth-order valence-corrected chi connectivity index (χ4v) is 3.04. The van der Waals surface area contributed by atoms with Gasteiger partial charge in [-0.25, -0.2) is 0 Å². The third-order valence-corrected chi connectivity index (χ3v) is 4.78. The van der Waals surface area contributed by atoms with Crippen molar-refractivity contribution in [1.29, 1.82) is 0 Å². The average molecular weight is 331 g/mol. The monoisotopic (exact) mass is 331 g/mol. The Morgan fingerprint density at radius 3 is 2.52 bits per heavy atom. The third kappa shape index (κ3) is 4.61. The molecule has 1 N–H and O–H groups in total. The van der Waals surface area contributed by atoms with E-state index in [4.69, 9.17) is 0 Å². The second kappa shape index (κ2) is 6.79. The molecule has 1 aromatic heterocycles. The molecule has 5 heteroatoms. The molecule has 1 heterocycles. The topological polar surface area (TPSA) is 46.9 Å². The number of aryl methyl sites for hydroxylation is 3. The van der Waals surface area contributed by atoms with Gasteiger partial charge in [-0.05, 0) is 25.5 Å². The van der Waals surface area contributed by atoms with Gasteiger partial charge < -0.3 is 5.32 Å². The van der Waals surface area contributed by atoms with E-state index in [9.17, 15) is 4.79 Å². The first-order chi connectivity index (χ1) is 10.7. The van der Waals surface area contributed by atoms with Gasteiger partial charge in [0, 0.05) is 23.4 Å². The first-order valence-electron chi connectivity index (χ1n) is 7.71. The summed E-state index contributed by atoms with van der Waals surface area (Å²) in [6, 6.07) is 8.23. The summed E-state index contributed by atoms with van der Waals surface area (Å²) in [5.41, 5.74) is 3.38. The molecular formula is C18H25N3OS. The van der Waals surface area contributed by atoms with Crippen LogP contribution in [0.3, 0.4) is 0 Å². The van der Waals surface area contributed by atoms with Gasteiger partial charge in [-0.3, -0.25) is 9.48 Å². The molecule has 0 radical (unpaired) electrons. The van der Waals surface area contributed by atoms with Crippen LogP contribution in [0.2, 0.25) is 0 Å². The van der Waals surface area contributed by atoms with Crippen LogP contribution in [0.15, 0.2) is 29.2 Å². The number of rotatable bonds is 4. The number of benzene rings is 1. The quantitative estimate of drug-likeness (QED) is 0.859. The molecule has 0 saturated carbocycles. The molecule has 23 heavy (non-hydrogen) atoms. The van der Waals surface area contributed by atoms with Gasteiger partial charge >= 0.3 is 0 Å². The molecule has 2 aromatic rings. The minimum absolute atomic E-state index is 0.0153. The molecule has 0 aliphatic carbocycles. The number of hydrogen-bond donors (Lipinski definition) is 1. The number of nitrogens with zero attached hydrogens (tertiary/aromatic N) is 2. The van der Waals surface area contributed by atoms with E-state index in [2.05, 4.69) is 63.2 Å². The predicted octanol–water partition coefficient (Wildman–Crippen LogP) is 4.07. The molecule has 0 aliphatic rings. The summed E-state index contributed by atoms with van der Waals surface area (Å²) in [6.07, 6.45) is 0. The summed E-state index contributed by atoms with van der Waals surface area (Å²) in [5.74, 6) is 1.11. The van der Waals surface area contributed by atoms with Gasteiger partial charge in [0.1, 0.15) is 5.82 Å². The lowest BCUT2D eigenvalue weighted by Gasteiger charge is -2.13. The maximum absolute atomic E-state index is 12.2. The van der Waals surface area contributed by atoms with Crippen molar-refractivity contribution in [3.05, 3.63) is 41.1 Å². The van der Waals surface area contributed by atoms with E-state index in [1.165, 1.54) is 11.1 Å². The summed E-state index contributed by atoms with van der Waals surface area (Å²) < 4.78 is 1.72. The highest BCUT2D eigenvalue weighted by Gasteiger charge is 2.19. The van der Waals surface area contributed by atoms with Crippen molar-refractivity contribution in [2.45, 2.75) is 44.9 Å². The molecule has 4 nitrogen and oxygen atoms in total. The van der Waals surface area contributed by atoms with Crippen molar-refractivity contribution in [2.75, 3.05) is 11.1 Å². The first kappa shape index (κ1) is 17.6. The van der Waals surface area contributed by atoms with E-state index in [0.29, 0.717) is 5.75 Å². The maximum Gasteiger partial charge on any atom is 0.235 e. The van der Waals surface area contributed by atoms with Crippen LogP contribution in [0.25, 0.3) is 0 Å². The van der Waals surface area contributed by atoms with Gasteiger partial charge in [0.25, 0.3) is 0 Å². The Hall–Kier alpha value is -1.75. The zero-order chi connectivity index (χ0) is 17.2. The van der Waals surface area contributed by atoms with Crippen LogP contribution in [-0.2, 0) is 17.3 Å². The zero-order valence-corrected chi connectivity index (χ0v) is 15.5. The number of carbonyl (C=O) groups is 1. The summed E-state index contributed by atoms with van der Waals surface area (Å²) in [6.45, 7) is 10.5. The van der Waals surface area contributed by atoms with Crippen LogP contribution in [0.4, 0.5) is 5.82 Å². The van der Waals surface area contributed by atoms with Gasteiger partial charge in [0.05, 0.1) is 11.4 Å². The molecule has 0 saturated heterocycles. The molecule has 0 bridgehead atoms.